The Morgan fingerprint density at radius 2 is 2.00 bits per heavy atom. The highest BCUT2D eigenvalue weighted by Crippen LogP contribution is 2.23. The Bertz CT molecular complexity index is 633. The summed E-state index contributed by atoms with van der Waals surface area (Å²) in [5, 5.41) is 8.47. The Balaban J connectivity index is 2.51. The molecular weight excluding hydrogens is 286 g/mol. The molecule has 0 atom stereocenters. The Kier molecular flexibility index (Phi) is 4.83. The molecule has 2 aromatic heterocycles. The largest absolute Gasteiger partial charge is 0.370 e. The van der Waals surface area contributed by atoms with E-state index in [1.54, 1.807) is 4.68 Å². The van der Waals surface area contributed by atoms with Gasteiger partial charge in [0.05, 0.1) is 16.4 Å². The zero-order valence-electron chi connectivity index (χ0n) is 13.2. The molecule has 1 N–H and O–H groups in total. The smallest absolute Gasteiger partial charge is 0.159 e. The first-order valence-electron chi connectivity index (χ1n) is 7.29. The Morgan fingerprint density at radius 3 is 2.52 bits per heavy atom. The second kappa shape index (κ2) is 6.43. The molecule has 5 nitrogen and oxygen atoms in total. The van der Waals surface area contributed by atoms with E-state index in [2.05, 4.69) is 41.2 Å². The van der Waals surface area contributed by atoms with Crippen LogP contribution in [-0.2, 0) is 0 Å². The summed E-state index contributed by atoms with van der Waals surface area (Å²) in [4.78, 5) is 9.18. The number of anilines is 1. The van der Waals surface area contributed by atoms with Crippen molar-refractivity contribution in [2.75, 3.05) is 11.9 Å². The first-order chi connectivity index (χ1) is 9.93. The molecule has 0 bridgehead atoms. The molecule has 21 heavy (non-hydrogen) atoms. The van der Waals surface area contributed by atoms with E-state index < -0.39 is 0 Å². The zero-order valence-corrected chi connectivity index (χ0v) is 14.0. The quantitative estimate of drug-likeness (QED) is 0.911. The van der Waals surface area contributed by atoms with Crippen LogP contribution in [0.4, 0.5) is 5.82 Å². The van der Waals surface area contributed by atoms with Gasteiger partial charge < -0.3 is 5.32 Å². The minimum absolute atomic E-state index is 0.250. The Hall–Kier alpha value is -1.62. The topological polar surface area (TPSA) is 55.6 Å². The van der Waals surface area contributed by atoms with Crippen LogP contribution in [0.15, 0.2) is 6.07 Å². The van der Waals surface area contributed by atoms with Crippen LogP contribution < -0.4 is 5.32 Å². The molecule has 0 fully saturated rings. The highest BCUT2D eigenvalue weighted by molar-refractivity contribution is 6.31. The molecule has 2 aromatic rings. The summed E-state index contributed by atoms with van der Waals surface area (Å²) in [5.41, 5.74) is 1.70. The van der Waals surface area contributed by atoms with Gasteiger partial charge in [0.15, 0.2) is 5.82 Å². The molecule has 0 amide bonds. The van der Waals surface area contributed by atoms with E-state index in [0.29, 0.717) is 5.02 Å². The van der Waals surface area contributed by atoms with Crippen LogP contribution >= 0.6 is 11.6 Å². The minimum Gasteiger partial charge on any atom is -0.370 e. The van der Waals surface area contributed by atoms with Crippen LogP contribution in [0.5, 0.6) is 0 Å². The lowest BCUT2D eigenvalue weighted by Gasteiger charge is -2.12. The van der Waals surface area contributed by atoms with Gasteiger partial charge in [-0.05, 0) is 20.3 Å². The predicted octanol–water partition coefficient (Wildman–Crippen LogP) is 3.88. The molecule has 2 rings (SSSR count). The summed E-state index contributed by atoms with van der Waals surface area (Å²) in [6.07, 6.45) is 1.04. The molecule has 0 radical (unpaired) electrons. The second-order valence-corrected chi connectivity index (χ2v) is 5.83. The van der Waals surface area contributed by atoms with Crippen LogP contribution in [-0.4, -0.2) is 26.3 Å². The van der Waals surface area contributed by atoms with Crippen molar-refractivity contribution in [2.24, 2.45) is 0 Å². The average molecular weight is 308 g/mol. The summed E-state index contributed by atoms with van der Waals surface area (Å²) in [6, 6.07) is 1.91. The number of nitrogens with one attached hydrogen (secondary N) is 1. The van der Waals surface area contributed by atoms with Gasteiger partial charge in [0.1, 0.15) is 11.6 Å². The Morgan fingerprint density at radius 1 is 1.29 bits per heavy atom. The molecule has 0 saturated carbocycles. The normalized spacial score (nSPS) is 11.2. The van der Waals surface area contributed by atoms with Crippen LogP contribution in [0.2, 0.25) is 5.02 Å². The van der Waals surface area contributed by atoms with Gasteiger partial charge in [-0.1, -0.05) is 32.4 Å². The van der Waals surface area contributed by atoms with Crippen molar-refractivity contribution in [3.63, 3.8) is 0 Å². The first-order valence-corrected chi connectivity index (χ1v) is 7.66. The highest BCUT2D eigenvalue weighted by Gasteiger charge is 2.15. The number of hydrogen-bond donors (Lipinski definition) is 1. The third-order valence-electron chi connectivity index (χ3n) is 3.22. The van der Waals surface area contributed by atoms with E-state index in [9.17, 15) is 0 Å². The monoisotopic (exact) mass is 307 g/mol. The third kappa shape index (κ3) is 3.35. The van der Waals surface area contributed by atoms with Gasteiger partial charge in [-0.25, -0.2) is 14.6 Å². The zero-order chi connectivity index (χ0) is 15.6. The van der Waals surface area contributed by atoms with Crippen molar-refractivity contribution >= 4 is 17.4 Å². The maximum absolute atomic E-state index is 6.23. The maximum Gasteiger partial charge on any atom is 0.159 e. The summed E-state index contributed by atoms with van der Waals surface area (Å²) < 4.78 is 1.78. The predicted molar refractivity (Wildman–Crippen MR) is 86.5 cm³/mol. The van der Waals surface area contributed by atoms with E-state index in [4.69, 9.17) is 11.6 Å². The van der Waals surface area contributed by atoms with E-state index in [1.807, 2.05) is 19.9 Å². The molecule has 0 aliphatic carbocycles. The summed E-state index contributed by atoms with van der Waals surface area (Å²) in [6.45, 7) is 11.0. The van der Waals surface area contributed by atoms with Gasteiger partial charge in [-0.3, -0.25) is 0 Å². The number of nitrogens with zero attached hydrogens (tertiary/aromatic N) is 4. The van der Waals surface area contributed by atoms with Gasteiger partial charge in [-0.2, -0.15) is 5.10 Å². The molecular formula is C15H22ClN5. The third-order valence-corrected chi connectivity index (χ3v) is 3.77. The van der Waals surface area contributed by atoms with Crippen molar-refractivity contribution in [2.45, 2.75) is 47.0 Å². The number of hydrogen-bond acceptors (Lipinski definition) is 4. The molecule has 0 unspecified atom stereocenters. The van der Waals surface area contributed by atoms with Gasteiger partial charge in [0.25, 0.3) is 0 Å². The molecule has 114 valence electrons. The molecule has 0 aromatic carbocycles. The SMILES string of the molecule is CCCNc1cc(-n2nc(C)c(Cl)c2C)nc(C(C)C)n1. The average Bonchev–Trinajstić information content (AvgIpc) is 2.72. The first kappa shape index (κ1) is 15.8. The van der Waals surface area contributed by atoms with Gasteiger partial charge in [0.2, 0.25) is 0 Å². The van der Waals surface area contributed by atoms with E-state index in [-0.39, 0.29) is 5.92 Å². The summed E-state index contributed by atoms with van der Waals surface area (Å²) in [5.74, 6) is 2.63. The Labute approximate surface area is 130 Å². The van der Waals surface area contributed by atoms with Crippen molar-refractivity contribution in [3.8, 4) is 5.82 Å². The van der Waals surface area contributed by atoms with Gasteiger partial charge in [0, 0.05) is 18.5 Å². The second-order valence-electron chi connectivity index (χ2n) is 5.45. The molecule has 0 aliphatic rings. The van der Waals surface area contributed by atoms with Crippen LogP contribution in [0, 0.1) is 13.8 Å². The minimum atomic E-state index is 0.250. The van der Waals surface area contributed by atoms with E-state index >= 15 is 0 Å². The lowest BCUT2D eigenvalue weighted by atomic mass is 10.2. The van der Waals surface area contributed by atoms with Crippen LogP contribution in [0.1, 0.15) is 50.3 Å². The van der Waals surface area contributed by atoms with E-state index in [0.717, 1.165) is 41.8 Å². The number of aryl methyl sites for hydroxylation is 1. The number of halogens is 1. The number of rotatable bonds is 5. The van der Waals surface area contributed by atoms with Gasteiger partial charge >= 0.3 is 0 Å². The van der Waals surface area contributed by atoms with Crippen LogP contribution in [0.3, 0.4) is 0 Å². The fourth-order valence-corrected chi connectivity index (χ4v) is 2.13. The van der Waals surface area contributed by atoms with Crippen LogP contribution in [0.25, 0.3) is 5.82 Å². The molecule has 2 heterocycles. The standard InChI is InChI=1S/C15H22ClN5/c1-6-7-17-12-8-13(19-15(18-12)9(2)3)21-11(5)14(16)10(4)20-21/h8-9H,6-7H2,1-5H3,(H,17,18,19). The van der Waals surface area contributed by atoms with Crippen molar-refractivity contribution in [1.29, 1.82) is 0 Å². The van der Waals surface area contributed by atoms with E-state index in [1.165, 1.54) is 0 Å². The maximum atomic E-state index is 6.23. The van der Waals surface area contributed by atoms with Crippen molar-refractivity contribution < 1.29 is 0 Å². The van der Waals surface area contributed by atoms with Crippen molar-refractivity contribution in [3.05, 3.63) is 28.3 Å². The highest BCUT2D eigenvalue weighted by atomic mass is 35.5. The molecule has 0 saturated heterocycles. The van der Waals surface area contributed by atoms with Gasteiger partial charge in [-0.15, -0.1) is 0 Å². The summed E-state index contributed by atoms with van der Waals surface area (Å²) in [7, 11) is 0. The molecule has 6 heteroatoms. The molecule has 0 aliphatic heterocycles. The fourth-order valence-electron chi connectivity index (χ4n) is 2.01. The summed E-state index contributed by atoms with van der Waals surface area (Å²) >= 11 is 6.23. The fraction of sp³-hybridized carbons (Fsp3) is 0.533. The van der Waals surface area contributed by atoms with Crippen molar-refractivity contribution in [1.82, 2.24) is 19.7 Å². The molecule has 0 spiro atoms. The number of aromatic nitrogens is 4. The lowest BCUT2D eigenvalue weighted by molar-refractivity contribution is 0.735. The lowest BCUT2D eigenvalue weighted by Crippen LogP contribution is -2.11.